The van der Waals surface area contributed by atoms with Crippen molar-refractivity contribution < 1.29 is 4.74 Å². The zero-order chi connectivity index (χ0) is 23.1. The smallest absolute Gasteiger partial charge is 0.332 e. The molecule has 0 N–H and O–H groups in total. The minimum absolute atomic E-state index is 0.243. The molecule has 0 unspecified atom stereocenters. The van der Waals surface area contributed by atoms with Gasteiger partial charge in [0.15, 0.2) is 11.2 Å². The van der Waals surface area contributed by atoms with Crippen molar-refractivity contribution in [2.24, 2.45) is 13.0 Å². The lowest BCUT2D eigenvalue weighted by atomic mass is 10.1. The molecule has 3 aromatic rings. The molecule has 4 heterocycles. The number of hydrogen-bond donors (Lipinski definition) is 0. The van der Waals surface area contributed by atoms with Gasteiger partial charge in [0, 0.05) is 38.9 Å². The van der Waals surface area contributed by atoms with Crippen molar-refractivity contribution in [2.75, 3.05) is 38.2 Å². The molecule has 2 aromatic heterocycles. The number of benzene rings is 1. The molecule has 1 atom stereocenters. The first-order valence-corrected chi connectivity index (χ1v) is 11.8. The molecule has 1 saturated heterocycles. The van der Waals surface area contributed by atoms with Crippen LogP contribution < -0.4 is 20.9 Å². The summed E-state index contributed by atoms with van der Waals surface area (Å²) in [5.41, 5.74) is 1.39. The predicted octanol–water partition coefficient (Wildman–Crippen LogP) is 2.18. The number of rotatable bonds is 5. The SMILES string of the molecule is COc1ccc(N2C[C@@H](C)Cn3c2nc2c3c(=O)n(CCN3CCCCC3)c(=O)n2C)cc1. The average molecular weight is 453 g/mol. The van der Waals surface area contributed by atoms with Gasteiger partial charge in [0.1, 0.15) is 5.75 Å². The largest absolute Gasteiger partial charge is 0.497 e. The Hall–Kier alpha value is -3.07. The zero-order valence-corrected chi connectivity index (χ0v) is 19.7. The maximum atomic E-state index is 13.6. The van der Waals surface area contributed by atoms with Gasteiger partial charge in [-0.15, -0.1) is 0 Å². The lowest BCUT2D eigenvalue weighted by molar-refractivity contribution is 0.218. The lowest BCUT2D eigenvalue weighted by Gasteiger charge is -2.33. The summed E-state index contributed by atoms with van der Waals surface area (Å²) in [5, 5.41) is 0. The Morgan fingerprint density at radius 1 is 1.03 bits per heavy atom. The molecule has 2 aliphatic heterocycles. The molecule has 2 aliphatic rings. The van der Waals surface area contributed by atoms with E-state index >= 15 is 0 Å². The van der Waals surface area contributed by atoms with Crippen LogP contribution in [0.15, 0.2) is 33.9 Å². The molecule has 9 nitrogen and oxygen atoms in total. The van der Waals surface area contributed by atoms with Gasteiger partial charge in [-0.1, -0.05) is 13.3 Å². The highest BCUT2D eigenvalue weighted by Crippen LogP contribution is 2.33. The summed E-state index contributed by atoms with van der Waals surface area (Å²) in [4.78, 5) is 35.9. The Morgan fingerprint density at radius 3 is 2.45 bits per heavy atom. The van der Waals surface area contributed by atoms with Crippen LogP contribution in [0.1, 0.15) is 26.2 Å². The fourth-order valence-electron chi connectivity index (χ4n) is 5.11. The highest BCUT2D eigenvalue weighted by atomic mass is 16.5. The fourth-order valence-corrected chi connectivity index (χ4v) is 5.11. The third-order valence-electron chi connectivity index (χ3n) is 6.91. The summed E-state index contributed by atoms with van der Waals surface area (Å²) in [6, 6.07) is 7.84. The quantitative estimate of drug-likeness (QED) is 0.591. The van der Waals surface area contributed by atoms with Gasteiger partial charge in [0.05, 0.1) is 7.11 Å². The normalized spacial score (nSPS) is 19.1. The number of aryl methyl sites for hydroxylation is 1. The van der Waals surface area contributed by atoms with E-state index in [4.69, 9.17) is 9.72 Å². The number of anilines is 2. The molecule has 1 aromatic carbocycles. The van der Waals surface area contributed by atoms with E-state index in [-0.39, 0.29) is 11.2 Å². The summed E-state index contributed by atoms with van der Waals surface area (Å²) in [6.07, 6.45) is 3.62. The number of imidazole rings is 1. The number of hydrogen-bond acceptors (Lipinski definition) is 6. The molecular weight excluding hydrogens is 420 g/mol. The fraction of sp³-hybridized carbons (Fsp3) is 0.542. The second kappa shape index (κ2) is 8.70. The molecular formula is C24H32N6O3. The van der Waals surface area contributed by atoms with Gasteiger partial charge < -0.3 is 19.1 Å². The van der Waals surface area contributed by atoms with E-state index in [0.29, 0.717) is 36.1 Å². The Morgan fingerprint density at radius 2 is 1.76 bits per heavy atom. The van der Waals surface area contributed by atoms with Crippen LogP contribution in [0.2, 0.25) is 0 Å². The van der Waals surface area contributed by atoms with Gasteiger partial charge in [-0.05, 0) is 56.1 Å². The van der Waals surface area contributed by atoms with Crippen molar-refractivity contribution in [1.82, 2.24) is 23.6 Å². The Balaban J connectivity index is 1.58. The van der Waals surface area contributed by atoms with Crippen LogP contribution in [-0.2, 0) is 20.1 Å². The van der Waals surface area contributed by atoms with Crippen LogP contribution in [-0.4, -0.2) is 56.9 Å². The van der Waals surface area contributed by atoms with Gasteiger partial charge in [0.25, 0.3) is 5.56 Å². The predicted molar refractivity (Wildman–Crippen MR) is 129 cm³/mol. The summed E-state index contributed by atoms with van der Waals surface area (Å²) in [5.74, 6) is 1.81. The first-order valence-electron chi connectivity index (χ1n) is 11.8. The number of ether oxygens (including phenoxy) is 1. The highest BCUT2D eigenvalue weighted by Gasteiger charge is 2.30. The summed E-state index contributed by atoms with van der Waals surface area (Å²) < 4.78 is 10.2. The van der Waals surface area contributed by atoms with Crippen LogP contribution in [0.3, 0.4) is 0 Å². The van der Waals surface area contributed by atoms with Crippen molar-refractivity contribution in [2.45, 2.75) is 39.3 Å². The second-order valence-corrected chi connectivity index (χ2v) is 9.31. The van der Waals surface area contributed by atoms with Crippen LogP contribution in [0.25, 0.3) is 11.2 Å². The molecule has 5 rings (SSSR count). The molecule has 0 radical (unpaired) electrons. The van der Waals surface area contributed by atoms with E-state index < -0.39 is 0 Å². The highest BCUT2D eigenvalue weighted by molar-refractivity contribution is 5.77. The van der Waals surface area contributed by atoms with E-state index in [1.807, 2.05) is 28.8 Å². The number of aromatic nitrogens is 4. The van der Waals surface area contributed by atoms with E-state index in [2.05, 4.69) is 16.7 Å². The molecule has 0 bridgehead atoms. The number of likely N-dealkylation sites (tertiary alicyclic amines) is 1. The third kappa shape index (κ3) is 3.84. The van der Waals surface area contributed by atoms with Gasteiger partial charge in [0.2, 0.25) is 5.95 Å². The number of fused-ring (bicyclic) bond motifs is 3. The van der Waals surface area contributed by atoms with E-state index in [1.54, 1.807) is 14.2 Å². The minimum Gasteiger partial charge on any atom is -0.497 e. The van der Waals surface area contributed by atoms with Gasteiger partial charge in [-0.2, -0.15) is 4.98 Å². The van der Waals surface area contributed by atoms with Crippen molar-refractivity contribution in [3.05, 3.63) is 45.1 Å². The van der Waals surface area contributed by atoms with Crippen LogP contribution >= 0.6 is 0 Å². The van der Waals surface area contributed by atoms with Gasteiger partial charge >= 0.3 is 5.69 Å². The van der Waals surface area contributed by atoms with Crippen LogP contribution in [0.5, 0.6) is 5.75 Å². The molecule has 0 saturated carbocycles. The Kier molecular flexibility index (Phi) is 5.74. The first-order chi connectivity index (χ1) is 16.0. The van der Waals surface area contributed by atoms with Crippen molar-refractivity contribution in [3.8, 4) is 5.75 Å². The first kappa shape index (κ1) is 21.8. The Bertz CT molecular complexity index is 1270. The van der Waals surface area contributed by atoms with E-state index in [9.17, 15) is 9.59 Å². The maximum Gasteiger partial charge on any atom is 0.332 e. The molecule has 0 spiro atoms. The van der Waals surface area contributed by atoms with E-state index in [0.717, 1.165) is 37.6 Å². The molecule has 1 fully saturated rings. The van der Waals surface area contributed by atoms with Crippen molar-refractivity contribution in [1.29, 1.82) is 0 Å². The molecule has 176 valence electrons. The Labute approximate surface area is 192 Å². The minimum atomic E-state index is -0.302. The summed E-state index contributed by atoms with van der Waals surface area (Å²) in [6.45, 7) is 6.84. The van der Waals surface area contributed by atoms with Gasteiger partial charge in [-0.3, -0.25) is 13.9 Å². The second-order valence-electron chi connectivity index (χ2n) is 9.31. The lowest BCUT2D eigenvalue weighted by Crippen LogP contribution is -2.43. The van der Waals surface area contributed by atoms with Crippen LogP contribution in [0.4, 0.5) is 11.6 Å². The molecule has 0 aliphatic carbocycles. The van der Waals surface area contributed by atoms with Crippen molar-refractivity contribution in [3.63, 3.8) is 0 Å². The van der Waals surface area contributed by atoms with Crippen LogP contribution in [0, 0.1) is 5.92 Å². The third-order valence-corrected chi connectivity index (χ3v) is 6.91. The van der Waals surface area contributed by atoms with Crippen molar-refractivity contribution >= 4 is 22.8 Å². The topological polar surface area (TPSA) is 77.5 Å². The molecule has 0 amide bonds. The number of methoxy groups -OCH3 is 1. The zero-order valence-electron chi connectivity index (χ0n) is 19.7. The molecule has 33 heavy (non-hydrogen) atoms. The molecule has 9 heteroatoms. The standard InChI is InChI=1S/C24H32N6O3/c1-17-15-29(18-7-9-19(33-3)10-8-18)23-25-21-20(30(23)16-17)22(31)28(24(32)26(21)2)14-13-27-11-5-4-6-12-27/h7-10,17H,4-6,11-16H2,1-3H3/t17-/m1/s1. The number of nitrogens with zero attached hydrogens (tertiary/aromatic N) is 6. The van der Waals surface area contributed by atoms with Gasteiger partial charge in [-0.25, -0.2) is 4.79 Å². The monoisotopic (exact) mass is 452 g/mol. The average Bonchev–Trinajstić information content (AvgIpc) is 3.22. The summed E-state index contributed by atoms with van der Waals surface area (Å²) in [7, 11) is 3.36. The number of piperidine rings is 1. The maximum absolute atomic E-state index is 13.6. The van der Waals surface area contributed by atoms with E-state index in [1.165, 1.54) is 28.4 Å². The summed E-state index contributed by atoms with van der Waals surface area (Å²) >= 11 is 0.